The summed E-state index contributed by atoms with van der Waals surface area (Å²) in [5.74, 6) is 0.0671. The Kier molecular flexibility index (Phi) is 8.18. The van der Waals surface area contributed by atoms with E-state index < -0.39 is 0 Å². The van der Waals surface area contributed by atoms with E-state index in [1.54, 1.807) is 7.05 Å². The molecule has 0 radical (unpaired) electrons. The summed E-state index contributed by atoms with van der Waals surface area (Å²) in [6, 6.07) is 0. The Labute approximate surface area is 108 Å². The molecule has 0 spiro atoms. The van der Waals surface area contributed by atoms with E-state index in [0.717, 1.165) is 32.6 Å². The number of nitrogens with one attached hydrogen (secondary N) is 2. The van der Waals surface area contributed by atoms with Crippen molar-refractivity contribution in [3.05, 3.63) is 0 Å². The summed E-state index contributed by atoms with van der Waals surface area (Å²) < 4.78 is 5.52. The Morgan fingerprint density at radius 3 is 2.56 bits per heavy atom. The number of carbonyl (C=O) groups excluding carboxylic acids is 1. The standard InChI is InChI=1S/C10H20N2O2S.ClH/c1-11-7-9(13)12-8-10(15-2)3-5-14-6-4-10;/h11H,3-8H2,1-2H3,(H,12,13);1H. The molecule has 1 saturated heterocycles. The van der Waals surface area contributed by atoms with Crippen molar-refractivity contribution in [1.82, 2.24) is 10.6 Å². The van der Waals surface area contributed by atoms with Crippen LogP contribution < -0.4 is 10.6 Å². The van der Waals surface area contributed by atoms with Crippen LogP contribution in [0.25, 0.3) is 0 Å². The molecule has 0 aliphatic carbocycles. The monoisotopic (exact) mass is 268 g/mol. The van der Waals surface area contributed by atoms with Crippen molar-refractivity contribution in [2.75, 3.05) is 39.6 Å². The number of hydrogen-bond acceptors (Lipinski definition) is 4. The topological polar surface area (TPSA) is 50.4 Å². The maximum absolute atomic E-state index is 11.3. The number of amides is 1. The molecular weight excluding hydrogens is 248 g/mol. The van der Waals surface area contributed by atoms with Gasteiger partial charge in [0.05, 0.1) is 6.54 Å². The average Bonchev–Trinajstić information content (AvgIpc) is 2.28. The molecule has 1 fully saturated rings. The molecule has 1 aliphatic heterocycles. The number of hydrogen-bond donors (Lipinski definition) is 2. The minimum absolute atomic E-state index is 0. The molecule has 2 N–H and O–H groups in total. The third-order valence-electron chi connectivity index (χ3n) is 2.78. The summed E-state index contributed by atoms with van der Waals surface area (Å²) in [6.45, 7) is 2.75. The number of halogens is 1. The molecule has 0 saturated carbocycles. The van der Waals surface area contributed by atoms with Gasteiger partial charge in [-0.05, 0) is 26.1 Å². The molecular formula is C10H21ClN2O2S. The molecule has 0 atom stereocenters. The lowest BCUT2D eigenvalue weighted by Crippen LogP contribution is -2.45. The van der Waals surface area contributed by atoms with Crippen LogP contribution in [0.2, 0.25) is 0 Å². The van der Waals surface area contributed by atoms with Crippen LogP contribution in [-0.2, 0) is 9.53 Å². The lowest BCUT2D eigenvalue weighted by molar-refractivity contribution is -0.120. The summed E-state index contributed by atoms with van der Waals surface area (Å²) >= 11 is 1.84. The van der Waals surface area contributed by atoms with Crippen molar-refractivity contribution in [3.8, 4) is 0 Å². The van der Waals surface area contributed by atoms with E-state index in [1.807, 2.05) is 11.8 Å². The van der Waals surface area contributed by atoms with Gasteiger partial charge in [0.1, 0.15) is 0 Å². The van der Waals surface area contributed by atoms with Gasteiger partial charge in [-0.1, -0.05) is 0 Å². The summed E-state index contributed by atoms with van der Waals surface area (Å²) in [5, 5.41) is 5.81. The Morgan fingerprint density at radius 2 is 2.06 bits per heavy atom. The van der Waals surface area contributed by atoms with Crippen molar-refractivity contribution in [3.63, 3.8) is 0 Å². The van der Waals surface area contributed by atoms with E-state index in [9.17, 15) is 4.79 Å². The van der Waals surface area contributed by atoms with Crippen molar-refractivity contribution < 1.29 is 9.53 Å². The maximum Gasteiger partial charge on any atom is 0.233 e. The molecule has 1 aliphatic rings. The first kappa shape index (κ1) is 16.0. The largest absolute Gasteiger partial charge is 0.381 e. The molecule has 1 rings (SSSR count). The Balaban J connectivity index is 0.00000225. The highest BCUT2D eigenvalue weighted by Crippen LogP contribution is 2.32. The van der Waals surface area contributed by atoms with Crippen LogP contribution in [0.3, 0.4) is 0 Å². The van der Waals surface area contributed by atoms with Crippen LogP contribution in [0, 0.1) is 0 Å². The smallest absolute Gasteiger partial charge is 0.233 e. The first-order valence-corrected chi connectivity index (χ1v) is 6.49. The Hall–Kier alpha value is 0.0300. The van der Waals surface area contributed by atoms with Gasteiger partial charge < -0.3 is 15.4 Å². The second kappa shape index (κ2) is 8.17. The van der Waals surface area contributed by atoms with E-state index in [0.29, 0.717) is 6.54 Å². The third kappa shape index (κ3) is 4.91. The fraction of sp³-hybridized carbons (Fsp3) is 0.900. The second-order valence-corrected chi connectivity index (χ2v) is 5.08. The van der Waals surface area contributed by atoms with Crippen molar-refractivity contribution in [2.24, 2.45) is 0 Å². The second-order valence-electron chi connectivity index (χ2n) is 3.81. The first-order valence-electron chi connectivity index (χ1n) is 5.27. The van der Waals surface area contributed by atoms with Crippen LogP contribution in [0.5, 0.6) is 0 Å². The number of likely N-dealkylation sites (N-methyl/N-ethyl adjacent to an activating group) is 1. The van der Waals surface area contributed by atoms with Gasteiger partial charge in [-0.25, -0.2) is 0 Å². The molecule has 0 aromatic rings. The molecule has 0 bridgehead atoms. The third-order valence-corrected chi connectivity index (χ3v) is 4.20. The molecule has 4 nitrogen and oxygen atoms in total. The van der Waals surface area contributed by atoms with Gasteiger partial charge in [0.15, 0.2) is 0 Å². The lowest BCUT2D eigenvalue weighted by atomic mass is 9.99. The molecule has 0 aromatic heterocycles. The molecule has 6 heteroatoms. The SMILES string of the molecule is CNCC(=O)NCC1(SC)CCOCC1.Cl. The molecule has 0 aromatic carbocycles. The van der Waals surface area contributed by atoms with Gasteiger partial charge in [-0.2, -0.15) is 11.8 Å². The van der Waals surface area contributed by atoms with Gasteiger partial charge in [-0.3, -0.25) is 4.79 Å². The lowest BCUT2D eigenvalue weighted by Gasteiger charge is -2.35. The molecule has 0 unspecified atom stereocenters. The summed E-state index contributed by atoms with van der Waals surface area (Å²) in [4.78, 5) is 11.3. The van der Waals surface area contributed by atoms with Gasteiger partial charge in [0.25, 0.3) is 0 Å². The Morgan fingerprint density at radius 1 is 1.44 bits per heavy atom. The van der Waals surface area contributed by atoms with Crippen LogP contribution in [0.4, 0.5) is 0 Å². The number of ether oxygens (including phenoxy) is 1. The summed E-state index contributed by atoms with van der Waals surface area (Å²) in [5.41, 5.74) is 0. The fourth-order valence-corrected chi connectivity index (χ4v) is 2.47. The molecule has 1 heterocycles. The highest BCUT2D eigenvalue weighted by Gasteiger charge is 2.31. The zero-order valence-electron chi connectivity index (χ0n) is 9.88. The minimum atomic E-state index is 0. The van der Waals surface area contributed by atoms with E-state index in [4.69, 9.17) is 4.74 Å². The van der Waals surface area contributed by atoms with Crippen LogP contribution >= 0.6 is 24.2 Å². The zero-order chi connectivity index (χ0) is 11.1. The van der Waals surface area contributed by atoms with Crippen LogP contribution in [0.15, 0.2) is 0 Å². The first-order chi connectivity index (χ1) is 7.22. The maximum atomic E-state index is 11.3. The van der Waals surface area contributed by atoms with Gasteiger partial charge in [-0.15, -0.1) is 12.4 Å². The van der Waals surface area contributed by atoms with Crippen LogP contribution in [-0.4, -0.2) is 50.3 Å². The van der Waals surface area contributed by atoms with E-state index in [1.165, 1.54) is 0 Å². The predicted molar refractivity (Wildman–Crippen MR) is 70.5 cm³/mol. The highest BCUT2D eigenvalue weighted by atomic mass is 35.5. The average molecular weight is 269 g/mol. The van der Waals surface area contributed by atoms with Crippen LogP contribution in [0.1, 0.15) is 12.8 Å². The van der Waals surface area contributed by atoms with Crippen molar-refractivity contribution in [2.45, 2.75) is 17.6 Å². The Bertz CT molecular complexity index is 211. The van der Waals surface area contributed by atoms with Crippen molar-refractivity contribution >= 4 is 30.1 Å². The number of thioether (sulfide) groups is 1. The quantitative estimate of drug-likeness (QED) is 0.769. The molecule has 1 amide bonds. The minimum Gasteiger partial charge on any atom is -0.381 e. The van der Waals surface area contributed by atoms with Gasteiger partial charge in [0.2, 0.25) is 5.91 Å². The summed E-state index contributed by atoms with van der Waals surface area (Å²) in [7, 11) is 1.78. The number of carbonyl (C=O) groups is 1. The normalized spacial score (nSPS) is 18.6. The summed E-state index contributed by atoms with van der Waals surface area (Å²) in [6.07, 6.45) is 4.15. The van der Waals surface area contributed by atoms with Gasteiger partial charge >= 0.3 is 0 Å². The van der Waals surface area contributed by atoms with E-state index in [2.05, 4.69) is 16.9 Å². The zero-order valence-corrected chi connectivity index (χ0v) is 11.5. The number of rotatable bonds is 5. The highest BCUT2D eigenvalue weighted by molar-refractivity contribution is 8.00. The predicted octanol–water partition coefficient (Wildman–Crippen LogP) is 0.656. The van der Waals surface area contributed by atoms with Gasteiger partial charge in [0, 0.05) is 24.5 Å². The molecule has 96 valence electrons. The van der Waals surface area contributed by atoms with E-state index in [-0.39, 0.29) is 23.1 Å². The van der Waals surface area contributed by atoms with E-state index >= 15 is 0 Å². The fourth-order valence-electron chi connectivity index (χ4n) is 1.68. The molecule has 16 heavy (non-hydrogen) atoms. The van der Waals surface area contributed by atoms with Crippen molar-refractivity contribution in [1.29, 1.82) is 0 Å².